The monoisotopic (exact) mass is 339 g/mol. The molecule has 0 aliphatic carbocycles. The number of aliphatic hydroxyl groups excluding tert-OH is 1. The Morgan fingerprint density at radius 1 is 1.12 bits per heavy atom. The fourth-order valence-electron chi connectivity index (χ4n) is 2.13. The lowest BCUT2D eigenvalue weighted by Gasteiger charge is -2.14. The van der Waals surface area contributed by atoms with E-state index in [0.29, 0.717) is 6.42 Å². The Morgan fingerprint density at radius 2 is 1.79 bits per heavy atom. The van der Waals surface area contributed by atoms with Crippen LogP contribution in [0.2, 0.25) is 0 Å². The molecule has 3 N–H and O–H groups in total. The van der Waals surface area contributed by atoms with Gasteiger partial charge in [-0.3, -0.25) is 4.79 Å². The Bertz CT molecular complexity index is 699. The predicted octanol–water partition coefficient (Wildman–Crippen LogP) is 2.80. The van der Waals surface area contributed by atoms with Crippen molar-refractivity contribution in [2.75, 3.05) is 6.54 Å². The first-order valence-electron chi connectivity index (χ1n) is 7.18. The number of halogens is 3. The molecule has 128 valence electrons. The maximum absolute atomic E-state index is 12.7. The van der Waals surface area contributed by atoms with Crippen molar-refractivity contribution in [3.05, 3.63) is 65.2 Å². The van der Waals surface area contributed by atoms with Crippen LogP contribution in [0.1, 0.15) is 22.8 Å². The molecule has 2 aromatic rings. The lowest BCUT2D eigenvalue weighted by atomic mass is 10.0. The number of phenols is 1. The van der Waals surface area contributed by atoms with Crippen LogP contribution in [0.4, 0.5) is 13.2 Å². The van der Waals surface area contributed by atoms with Crippen molar-refractivity contribution in [3.8, 4) is 5.75 Å². The first kappa shape index (κ1) is 17.8. The Balaban J connectivity index is 1.93. The van der Waals surface area contributed by atoms with Crippen LogP contribution in [0.25, 0.3) is 0 Å². The normalized spacial score (nSPS) is 12.7. The number of benzene rings is 2. The molecule has 24 heavy (non-hydrogen) atoms. The van der Waals surface area contributed by atoms with Gasteiger partial charge in [0.2, 0.25) is 0 Å². The minimum atomic E-state index is -4.54. The van der Waals surface area contributed by atoms with Gasteiger partial charge in [0.15, 0.2) is 6.10 Å². The number of rotatable bonds is 5. The molecule has 0 heterocycles. The number of aliphatic hydroxyl groups is 1. The number of hydrogen-bond acceptors (Lipinski definition) is 3. The summed E-state index contributed by atoms with van der Waals surface area (Å²) in [5.41, 5.74) is -0.176. The van der Waals surface area contributed by atoms with Gasteiger partial charge in [-0.25, -0.2) is 0 Å². The standard InChI is InChI=1S/C17H16F3NO3/c18-17(19,20)13-3-1-2-12(10-13)15(23)16(24)21-9-8-11-4-6-14(22)7-5-11/h1-7,10,15,22-23H,8-9H2,(H,21,24)/t15-/m1/s1. The SMILES string of the molecule is O=C(NCCc1ccc(O)cc1)[C@H](O)c1cccc(C(F)(F)F)c1. The van der Waals surface area contributed by atoms with E-state index in [4.69, 9.17) is 5.11 Å². The van der Waals surface area contributed by atoms with E-state index in [2.05, 4.69) is 5.32 Å². The van der Waals surface area contributed by atoms with Gasteiger partial charge < -0.3 is 15.5 Å². The fourth-order valence-corrected chi connectivity index (χ4v) is 2.13. The van der Waals surface area contributed by atoms with E-state index in [-0.39, 0.29) is 17.9 Å². The molecule has 0 saturated heterocycles. The van der Waals surface area contributed by atoms with E-state index < -0.39 is 23.8 Å². The maximum Gasteiger partial charge on any atom is 0.416 e. The van der Waals surface area contributed by atoms with Crippen LogP contribution in [0.3, 0.4) is 0 Å². The molecular formula is C17H16F3NO3. The third kappa shape index (κ3) is 4.73. The Labute approximate surface area is 136 Å². The van der Waals surface area contributed by atoms with Crippen LogP contribution in [0, 0.1) is 0 Å². The summed E-state index contributed by atoms with van der Waals surface area (Å²) >= 11 is 0. The highest BCUT2D eigenvalue weighted by molar-refractivity contribution is 5.81. The second-order valence-corrected chi connectivity index (χ2v) is 5.23. The van der Waals surface area contributed by atoms with Gasteiger partial charge in [0.1, 0.15) is 5.75 Å². The number of carbonyl (C=O) groups is 1. The number of aromatic hydroxyl groups is 1. The zero-order valence-electron chi connectivity index (χ0n) is 12.5. The van der Waals surface area contributed by atoms with Crippen molar-refractivity contribution < 1.29 is 28.2 Å². The van der Waals surface area contributed by atoms with Gasteiger partial charge in [-0.2, -0.15) is 13.2 Å². The van der Waals surface area contributed by atoms with Crippen LogP contribution in [-0.2, 0) is 17.4 Å². The van der Waals surface area contributed by atoms with Gasteiger partial charge in [0.25, 0.3) is 5.91 Å². The molecule has 4 nitrogen and oxygen atoms in total. The average molecular weight is 339 g/mol. The van der Waals surface area contributed by atoms with E-state index in [1.807, 2.05) is 0 Å². The highest BCUT2D eigenvalue weighted by atomic mass is 19.4. The first-order valence-corrected chi connectivity index (χ1v) is 7.18. The van der Waals surface area contributed by atoms with Crippen LogP contribution in [-0.4, -0.2) is 22.7 Å². The molecule has 0 bridgehead atoms. The lowest BCUT2D eigenvalue weighted by Crippen LogP contribution is -2.31. The first-order chi connectivity index (χ1) is 11.3. The summed E-state index contributed by atoms with van der Waals surface area (Å²) in [5, 5.41) is 21.5. The number of nitrogens with one attached hydrogen (secondary N) is 1. The van der Waals surface area contributed by atoms with Crippen molar-refractivity contribution in [3.63, 3.8) is 0 Å². The summed E-state index contributed by atoms with van der Waals surface area (Å²) in [5.74, 6) is -0.643. The molecule has 7 heteroatoms. The molecule has 1 atom stereocenters. The molecule has 0 spiro atoms. The number of amides is 1. The zero-order valence-corrected chi connectivity index (χ0v) is 12.5. The average Bonchev–Trinajstić information content (AvgIpc) is 2.55. The Kier molecular flexibility index (Phi) is 5.46. The maximum atomic E-state index is 12.7. The molecule has 2 aromatic carbocycles. The van der Waals surface area contributed by atoms with Crippen molar-refractivity contribution in [2.45, 2.75) is 18.7 Å². The van der Waals surface area contributed by atoms with Gasteiger partial charge in [0.05, 0.1) is 5.56 Å². The molecule has 0 radical (unpaired) electrons. The summed E-state index contributed by atoms with van der Waals surface area (Å²) < 4.78 is 38.0. The van der Waals surface area contributed by atoms with Gasteiger partial charge in [0, 0.05) is 6.54 Å². The zero-order chi connectivity index (χ0) is 17.7. The van der Waals surface area contributed by atoms with Crippen molar-refractivity contribution in [1.82, 2.24) is 5.32 Å². The van der Waals surface area contributed by atoms with Gasteiger partial charge in [-0.05, 0) is 41.8 Å². The highest BCUT2D eigenvalue weighted by Crippen LogP contribution is 2.30. The summed E-state index contributed by atoms with van der Waals surface area (Å²) in [4.78, 5) is 11.9. The van der Waals surface area contributed by atoms with Crippen molar-refractivity contribution >= 4 is 5.91 Å². The van der Waals surface area contributed by atoms with E-state index in [0.717, 1.165) is 23.8 Å². The highest BCUT2D eigenvalue weighted by Gasteiger charge is 2.31. The van der Waals surface area contributed by atoms with Crippen LogP contribution in [0.5, 0.6) is 5.75 Å². The molecule has 0 aliphatic rings. The van der Waals surface area contributed by atoms with Crippen LogP contribution >= 0.6 is 0 Å². The Hall–Kier alpha value is -2.54. The Morgan fingerprint density at radius 3 is 2.42 bits per heavy atom. The smallest absolute Gasteiger partial charge is 0.416 e. The largest absolute Gasteiger partial charge is 0.508 e. The van der Waals surface area contributed by atoms with Crippen LogP contribution < -0.4 is 5.32 Å². The second kappa shape index (κ2) is 7.35. The molecule has 0 aliphatic heterocycles. The quantitative estimate of drug-likeness (QED) is 0.785. The molecule has 0 fully saturated rings. The molecule has 0 aromatic heterocycles. The van der Waals surface area contributed by atoms with Gasteiger partial charge in [-0.15, -0.1) is 0 Å². The van der Waals surface area contributed by atoms with Gasteiger partial charge in [-0.1, -0.05) is 24.3 Å². The van der Waals surface area contributed by atoms with E-state index >= 15 is 0 Å². The molecule has 0 unspecified atom stereocenters. The predicted molar refractivity (Wildman–Crippen MR) is 81.2 cm³/mol. The summed E-state index contributed by atoms with van der Waals surface area (Å²) in [7, 11) is 0. The summed E-state index contributed by atoms with van der Waals surface area (Å²) in [6.45, 7) is 0.208. The molecule has 1 amide bonds. The summed E-state index contributed by atoms with van der Waals surface area (Å²) in [6.07, 6.45) is -5.75. The van der Waals surface area contributed by atoms with Crippen molar-refractivity contribution in [1.29, 1.82) is 0 Å². The van der Waals surface area contributed by atoms with Crippen molar-refractivity contribution in [2.24, 2.45) is 0 Å². The second-order valence-electron chi connectivity index (χ2n) is 5.23. The molecule has 2 rings (SSSR count). The lowest BCUT2D eigenvalue weighted by molar-refractivity contribution is -0.138. The number of phenolic OH excluding ortho intramolecular Hbond substituents is 1. The van der Waals surface area contributed by atoms with Crippen LogP contribution in [0.15, 0.2) is 48.5 Å². The third-order valence-electron chi connectivity index (χ3n) is 3.43. The minimum Gasteiger partial charge on any atom is -0.508 e. The number of carbonyl (C=O) groups excluding carboxylic acids is 1. The third-order valence-corrected chi connectivity index (χ3v) is 3.43. The van der Waals surface area contributed by atoms with E-state index in [1.54, 1.807) is 12.1 Å². The number of alkyl halides is 3. The molecule has 0 saturated carbocycles. The van der Waals surface area contributed by atoms with Gasteiger partial charge >= 0.3 is 6.18 Å². The van der Waals surface area contributed by atoms with E-state index in [9.17, 15) is 23.1 Å². The number of hydrogen-bond donors (Lipinski definition) is 3. The topological polar surface area (TPSA) is 69.6 Å². The molecular weight excluding hydrogens is 323 g/mol. The minimum absolute atomic E-state index is 0.119. The van der Waals surface area contributed by atoms with E-state index in [1.165, 1.54) is 18.2 Å². The fraction of sp³-hybridized carbons (Fsp3) is 0.235. The summed E-state index contributed by atoms with van der Waals surface area (Å²) in [6, 6.07) is 10.4.